The molecule has 1 fully saturated rings. The van der Waals surface area contributed by atoms with Gasteiger partial charge in [0.25, 0.3) is 5.91 Å². The zero-order chi connectivity index (χ0) is 25.2. The summed E-state index contributed by atoms with van der Waals surface area (Å²) in [4.78, 5) is 23.3. The van der Waals surface area contributed by atoms with Gasteiger partial charge in [0.05, 0.1) is 24.2 Å². The number of aliphatic hydroxyl groups is 2. The second-order valence-electron chi connectivity index (χ2n) is 9.05. The van der Waals surface area contributed by atoms with Crippen molar-refractivity contribution in [2.75, 3.05) is 25.4 Å². The number of pyridine rings is 1. The van der Waals surface area contributed by atoms with Crippen LogP contribution in [0, 0.1) is 11.3 Å². The molecule has 36 heavy (non-hydrogen) atoms. The molecule has 4 heterocycles. The molecule has 1 saturated heterocycles. The molecule has 1 atom stereocenters. The molecule has 4 N–H and O–H groups in total. The highest BCUT2D eigenvalue weighted by atomic mass is 16.3. The number of likely N-dealkylation sites (tertiary alicyclic amines) is 1. The van der Waals surface area contributed by atoms with Gasteiger partial charge in [0.15, 0.2) is 11.8 Å². The van der Waals surface area contributed by atoms with Crippen molar-refractivity contribution in [2.24, 2.45) is 0 Å². The molecule has 3 aromatic rings. The maximum absolute atomic E-state index is 12.2. The van der Waals surface area contributed by atoms with Crippen LogP contribution in [0.5, 0.6) is 0 Å². The lowest BCUT2D eigenvalue weighted by Crippen LogP contribution is -2.44. The van der Waals surface area contributed by atoms with Gasteiger partial charge in [-0.2, -0.15) is 14.9 Å². The van der Waals surface area contributed by atoms with Gasteiger partial charge in [-0.1, -0.05) is 24.3 Å². The van der Waals surface area contributed by atoms with Crippen LogP contribution in [0.25, 0.3) is 22.3 Å². The van der Waals surface area contributed by atoms with E-state index in [0.29, 0.717) is 37.3 Å². The van der Waals surface area contributed by atoms with Gasteiger partial charge in [-0.3, -0.25) is 9.78 Å². The first-order valence-corrected chi connectivity index (χ1v) is 12.0. The third-order valence-electron chi connectivity index (χ3n) is 6.89. The van der Waals surface area contributed by atoms with Crippen molar-refractivity contribution < 1.29 is 15.0 Å². The number of hydrogen-bond acceptors (Lipinski definition) is 8. The van der Waals surface area contributed by atoms with Gasteiger partial charge >= 0.3 is 0 Å². The lowest BCUT2D eigenvalue weighted by molar-refractivity contribution is -0.143. The van der Waals surface area contributed by atoms with E-state index in [1.54, 1.807) is 12.4 Å². The molecule has 0 aromatic carbocycles. The number of amides is 1. The summed E-state index contributed by atoms with van der Waals surface area (Å²) in [5, 5.41) is 33.0. The van der Waals surface area contributed by atoms with Gasteiger partial charge in [0, 0.05) is 36.3 Å². The Morgan fingerprint density at radius 2 is 2.08 bits per heavy atom. The molecule has 1 aliphatic heterocycles. The van der Waals surface area contributed by atoms with Crippen molar-refractivity contribution in [2.45, 2.75) is 37.7 Å². The fourth-order valence-electron chi connectivity index (χ4n) is 4.87. The second kappa shape index (κ2) is 9.89. The minimum Gasteiger partial charge on any atom is -0.393 e. The van der Waals surface area contributed by atoms with E-state index in [0.717, 1.165) is 29.7 Å². The summed E-state index contributed by atoms with van der Waals surface area (Å²) in [5.41, 5.74) is 11.5. The summed E-state index contributed by atoms with van der Waals surface area (Å²) in [6, 6.07) is 6.16. The van der Waals surface area contributed by atoms with Crippen LogP contribution >= 0.6 is 0 Å². The Morgan fingerprint density at radius 1 is 1.28 bits per heavy atom. The fourth-order valence-corrected chi connectivity index (χ4v) is 4.87. The molecule has 10 heteroatoms. The van der Waals surface area contributed by atoms with Gasteiger partial charge in [-0.15, -0.1) is 0 Å². The normalized spacial score (nSPS) is 17.1. The second-order valence-corrected chi connectivity index (χ2v) is 9.05. The number of nitriles is 1. The van der Waals surface area contributed by atoms with E-state index < -0.39 is 18.6 Å². The third-order valence-corrected chi connectivity index (χ3v) is 6.89. The van der Waals surface area contributed by atoms with Gasteiger partial charge in [-0.25, -0.2) is 4.98 Å². The first-order valence-electron chi connectivity index (χ1n) is 12.0. The molecule has 10 nitrogen and oxygen atoms in total. The van der Waals surface area contributed by atoms with Gasteiger partial charge in [-0.05, 0) is 37.3 Å². The van der Waals surface area contributed by atoms with Gasteiger partial charge in [0.1, 0.15) is 17.5 Å². The number of allylic oxidation sites excluding steroid dienone is 4. The predicted octanol–water partition coefficient (Wildman–Crippen LogP) is 2.04. The molecule has 1 unspecified atom stereocenters. The Labute approximate surface area is 208 Å². The number of nitrogens with two attached hydrogens (primary N) is 1. The number of aromatic nitrogens is 4. The van der Waals surface area contributed by atoms with E-state index >= 15 is 0 Å². The van der Waals surface area contributed by atoms with E-state index in [1.165, 1.54) is 15.0 Å². The van der Waals surface area contributed by atoms with Crippen molar-refractivity contribution in [1.29, 1.82) is 5.26 Å². The molecule has 0 saturated carbocycles. The van der Waals surface area contributed by atoms with Crippen molar-refractivity contribution in [3.63, 3.8) is 0 Å². The van der Waals surface area contributed by atoms with Crippen molar-refractivity contribution in [3.8, 4) is 17.2 Å². The molecule has 2 aliphatic rings. The Morgan fingerprint density at radius 3 is 2.72 bits per heavy atom. The first-order chi connectivity index (χ1) is 17.5. The zero-order valence-electron chi connectivity index (χ0n) is 19.7. The Hall–Kier alpha value is -4.07. The molecule has 1 aliphatic carbocycles. The number of carbonyl (C=O) groups excluding carboxylic acids is 1. The summed E-state index contributed by atoms with van der Waals surface area (Å²) in [5.74, 6) is -0.355. The van der Waals surface area contributed by atoms with Gasteiger partial charge < -0.3 is 20.8 Å². The molecule has 0 spiro atoms. The Bertz CT molecular complexity index is 1390. The molecule has 1 amide bonds. The molecule has 0 radical (unpaired) electrons. The summed E-state index contributed by atoms with van der Waals surface area (Å²) < 4.78 is 1.48. The number of rotatable bonds is 5. The highest BCUT2D eigenvalue weighted by Gasteiger charge is 2.30. The minimum atomic E-state index is -1.42. The highest BCUT2D eigenvalue weighted by molar-refractivity contribution is 5.81. The molecular formula is C26H27N7O3. The standard InChI is InChI=1S/C26H27N7O3/c27-12-19-23(17-8-10-32(11-9-17)26(36)22(35)15-34)31-25-20(14-30-33(25)24(19)28)18-6-7-21(29-13-18)16-4-2-1-3-5-16/h1-2,4,6-7,13-14,17,22,34-35H,3,5,8-11,15,28H2. The average Bonchev–Trinajstić information content (AvgIpc) is 3.37. The number of anilines is 1. The van der Waals surface area contributed by atoms with Crippen LogP contribution in [0.2, 0.25) is 0 Å². The molecule has 0 bridgehead atoms. The van der Waals surface area contributed by atoms with Gasteiger partial charge in [0.2, 0.25) is 0 Å². The number of fused-ring (bicyclic) bond motifs is 1. The SMILES string of the molecule is N#Cc1c(C2CCN(C(=O)C(O)CO)CC2)nc2c(-c3ccc(C4=CC=CCC4)nc3)cnn2c1N. The molecular weight excluding hydrogens is 458 g/mol. The largest absolute Gasteiger partial charge is 0.393 e. The lowest BCUT2D eigenvalue weighted by atomic mass is 9.90. The number of nitrogen functional groups attached to an aromatic ring is 1. The zero-order valence-corrected chi connectivity index (χ0v) is 19.7. The Kier molecular flexibility index (Phi) is 6.50. The predicted molar refractivity (Wildman–Crippen MR) is 133 cm³/mol. The van der Waals surface area contributed by atoms with E-state index in [1.807, 2.05) is 12.1 Å². The molecule has 3 aromatic heterocycles. The minimum absolute atomic E-state index is 0.0863. The summed E-state index contributed by atoms with van der Waals surface area (Å²) in [6.45, 7) is 0.169. The maximum Gasteiger partial charge on any atom is 0.253 e. The van der Waals surface area contributed by atoms with Crippen molar-refractivity contribution >= 4 is 22.9 Å². The number of carbonyl (C=O) groups is 1. The summed E-state index contributed by atoms with van der Waals surface area (Å²) in [7, 11) is 0. The molecule has 5 rings (SSSR count). The highest BCUT2D eigenvalue weighted by Crippen LogP contribution is 2.34. The van der Waals surface area contributed by atoms with Crippen LogP contribution in [0.3, 0.4) is 0 Å². The van der Waals surface area contributed by atoms with Crippen LogP contribution in [-0.4, -0.2) is 66.4 Å². The van der Waals surface area contributed by atoms with Crippen LogP contribution in [-0.2, 0) is 4.79 Å². The van der Waals surface area contributed by atoms with Crippen LogP contribution in [0.15, 0.2) is 42.8 Å². The van der Waals surface area contributed by atoms with E-state index in [4.69, 9.17) is 15.8 Å². The van der Waals surface area contributed by atoms with Crippen molar-refractivity contribution in [1.82, 2.24) is 24.5 Å². The average molecular weight is 486 g/mol. The fraction of sp³-hybridized carbons (Fsp3) is 0.346. The van der Waals surface area contributed by atoms with Crippen LogP contribution in [0.4, 0.5) is 5.82 Å². The van der Waals surface area contributed by atoms with E-state index in [9.17, 15) is 15.2 Å². The monoisotopic (exact) mass is 485 g/mol. The number of aliphatic hydroxyl groups excluding tert-OH is 2. The van der Waals surface area contributed by atoms with E-state index in [-0.39, 0.29) is 17.3 Å². The quantitative estimate of drug-likeness (QED) is 0.496. The number of nitrogens with zero attached hydrogens (tertiary/aromatic N) is 6. The third kappa shape index (κ3) is 4.23. The summed E-state index contributed by atoms with van der Waals surface area (Å²) in [6.07, 6.45) is 11.4. The summed E-state index contributed by atoms with van der Waals surface area (Å²) >= 11 is 0. The maximum atomic E-state index is 12.2. The van der Waals surface area contributed by atoms with Crippen molar-refractivity contribution in [3.05, 3.63) is 59.7 Å². The van der Waals surface area contributed by atoms with Crippen LogP contribution < -0.4 is 5.73 Å². The smallest absolute Gasteiger partial charge is 0.253 e. The number of hydrogen-bond donors (Lipinski definition) is 3. The number of piperidine rings is 1. The first kappa shape index (κ1) is 23.7. The van der Waals surface area contributed by atoms with Crippen LogP contribution in [0.1, 0.15) is 48.6 Å². The van der Waals surface area contributed by atoms with E-state index in [2.05, 4.69) is 34.4 Å². The lowest BCUT2D eigenvalue weighted by Gasteiger charge is -2.33. The Balaban J connectivity index is 1.46. The topological polar surface area (TPSA) is 154 Å². The molecule has 184 valence electrons.